The average molecular weight is 345 g/mol. The molecule has 2 amide bonds. The fourth-order valence-electron chi connectivity index (χ4n) is 3.92. The van der Waals surface area contributed by atoms with Crippen molar-refractivity contribution in [3.8, 4) is 0 Å². The van der Waals surface area contributed by atoms with Crippen molar-refractivity contribution >= 4 is 23.2 Å². The minimum Gasteiger partial charge on any atom is -0.391 e. The van der Waals surface area contributed by atoms with Gasteiger partial charge in [0.05, 0.1) is 23.5 Å². The standard InChI is InChI=1S/C19H27N3O3/c1-19(2,3)17-15(23)7-10-22(17)18(25)12-5-6-14-13(11-12)20-16(24)8-9-21(14)4/h5-6,11,15,17,23H,7-10H2,1-4H3,(H,20,24)/t15-,17+/m1/s1. The summed E-state index contributed by atoms with van der Waals surface area (Å²) in [6, 6.07) is 5.23. The van der Waals surface area contributed by atoms with Crippen LogP contribution in [0.2, 0.25) is 0 Å². The van der Waals surface area contributed by atoms with Gasteiger partial charge in [0.25, 0.3) is 5.91 Å². The van der Waals surface area contributed by atoms with Crippen LogP contribution < -0.4 is 10.2 Å². The molecule has 0 aliphatic carbocycles. The summed E-state index contributed by atoms with van der Waals surface area (Å²) >= 11 is 0. The maximum Gasteiger partial charge on any atom is 0.254 e. The van der Waals surface area contributed by atoms with Crippen LogP contribution in [0.5, 0.6) is 0 Å². The molecule has 2 atom stereocenters. The van der Waals surface area contributed by atoms with Gasteiger partial charge in [0.1, 0.15) is 0 Å². The van der Waals surface area contributed by atoms with Crippen LogP contribution in [0.3, 0.4) is 0 Å². The summed E-state index contributed by atoms with van der Waals surface area (Å²) in [6.07, 6.45) is 0.521. The number of nitrogens with zero attached hydrogens (tertiary/aromatic N) is 2. The molecule has 2 N–H and O–H groups in total. The first-order valence-corrected chi connectivity index (χ1v) is 8.82. The van der Waals surface area contributed by atoms with E-state index in [9.17, 15) is 14.7 Å². The summed E-state index contributed by atoms with van der Waals surface area (Å²) in [5.41, 5.74) is 1.92. The SMILES string of the molecule is CN1CCC(=O)Nc2cc(C(=O)N3CC[C@@H](O)[C@H]3C(C)(C)C)ccc21. The smallest absolute Gasteiger partial charge is 0.254 e. The lowest BCUT2D eigenvalue weighted by molar-refractivity contribution is -0.115. The fraction of sp³-hybridized carbons (Fsp3) is 0.579. The van der Waals surface area contributed by atoms with Crippen molar-refractivity contribution < 1.29 is 14.7 Å². The van der Waals surface area contributed by atoms with E-state index >= 15 is 0 Å². The number of anilines is 2. The van der Waals surface area contributed by atoms with Crippen molar-refractivity contribution in [3.05, 3.63) is 23.8 Å². The number of hydrogen-bond donors (Lipinski definition) is 2. The van der Waals surface area contributed by atoms with Crippen LogP contribution in [0.4, 0.5) is 11.4 Å². The third-order valence-corrected chi connectivity index (χ3v) is 5.12. The van der Waals surface area contributed by atoms with Gasteiger partial charge in [0, 0.05) is 32.1 Å². The normalized spacial score (nSPS) is 24.0. The van der Waals surface area contributed by atoms with Crippen LogP contribution in [-0.2, 0) is 4.79 Å². The number of carbonyl (C=O) groups is 2. The average Bonchev–Trinajstić information content (AvgIpc) is 2.87. The number of likely N-dealkylation sites (tertiary alicyclic amines) is 1. The molecule has 1 aromatic carbocycles. The molecule has 1 fully saturated rings. The first-order valence-electron chi connectivity index (χ1n) is 8.82. The van der Waals surface area contributed by atoms with Gasteiger partial charge in [0.2, 0.25) is 5.91 Å². The van der Waals surface area contributed by atoms with E-state index in [0.717, 1.165) is 5.69 Å². The number of aliphatic hydroxyl groups excluding tert-OH is 1. The van der Waals surface area contributed by atoms with Crippen LogP contribution in [-0.4, -0.2) is 54.1 Å². The van der Waals surface area contributed by atoms with E-state index in [1.807, 2.05) is 38.8 Å². The second-order valence-electron chi connectivity index (χ2n) is 8.12. The third-order valence-electron chi connectivity index (χ3n) is 5.12. The zero-order valence-electron chi connectivity index (χ0n) is 15.4. The predicted molar refractivity (Wildman–Crippen MR) is 97.9 cm³/mol. The van der Waals surface area contributed by atoms with Gasteiger partial charge in [-0.25, -0.2) is 0 Å². The number of hydrogen-bond acceptors (Lipinski definition) is 4. The van der Waals surface area contributed by atoms with Gasteiger partial charge in [0.15, 0.2) is 0 Å². The molecule has 2 heterocycles. The second kappa shape index (κ2) is 6.33. The Morgan fingerprint density at radius 3 is 2.68 bits per heavy atom. The topological polar surface area (TPSA) is 72.9 Å². The molecule has 6 heteroatoms. The highest BCUT2D eigenvalue weighted by molar-refractivity contribution is 6.01. The highest BCUT2D eigenvalue weighted by Crippen LogP contribution is 2.35. The maximum absolute atomic E-state index is 13.1. The fourth-order valence-corrected chi connectivity index (χ4v) is 3.92. The Morgan fingerprint density at radius 2 is 2.00 bits per heavy atom. The molecule has 0 unspecified atom stereocenters. The molecular formula is C19H27N3O3. The van der Waals surface area contributed by atoms with Gasteiger partial charge < -0.3 is 20.2 Å². The largest absolute Gasteiger partial charge is 0.391 e. The van der Waals surface area contributed by atoms with Gasteiger partial charge in [-0.2, -0.15) is 0 Å². The molecule has 3 rings (SSSR count). The van der Waals surface area contributed by atoms with E-state index in [1.54, 1.807) is 17.0 Å². The molecule has 2 aliphatic heterocycles. The molecule has 2 aliphatic rings. The maximum atomic E-state index is 13.1. The Bertz CT molecular complexity index is 696. The summed E-state index contributed by atoms with van der Waals surface area (Å²) in [4.78, 5) is 28.7. The highest BCUT2D eigenvalue weighted by Gasteiger charge is 2.43. The Labute approximate surface area is 148 Å². The van der Waals surface area contributed by atoms with Crippen molar-refractivity contribution in [2.24, 2.45) is 5.41 Å². The van der Waals surface area contributed by atoms with E-state index in [0.29, 0.717) is 37.2 Å². The summed E-state index contributed by atoms with van der Waals surface area (Å²) in [5, 5.41) is 13.2. The quantitative estimate of drug-likeness (QED) is 0.817. The highest BCUT2D eigenvalue weighted by atomic mass is 16.3. The third kappa shape index (κ3) is 3.35. The van der Waals surface area contributed by atoms with Crippen molar-refractivity contribution in [1.29, 1.82) is 0 Å². The predicted octanol–water partition coefficient (Wildman–Crippen LogP) is 2.09. The van der Waals surface area contributed by atoms with Crippen LogP contribution in [0, 0.1) is 5.41 Å². The lowest BCUT2D eigenvalue weighted by Crippen LogP contribution is -2.47. The van der Waals surface area contributed by atoms with Gasteiger partial charge >= 0.3 is 0 Å². The lowest BCUT2D eigenvalue weighted by Gasteiger charge is -2.36. The van der Waals surface area contributed by atoms with Crippen LogP contribution in [0.1, 0.15) is 44.0 Å². The molecule has 6 nitrogen and oxygen atoms in total. The zero-order chi connectivity index (χ0) is 18.4. The number of rotatable bonds is 1. The van der Waals surface area contributed by atoms with Crippen molar-refractivity contribution in [1.82, 2.24) is 4.90 Å². The molecule has 0 bridgehead atoms. The molecule has 1 aromatic rings. The first-order chi connectivity index (χ1) is 11.7. The zero-order valence-corrected chi connectivity index (χ0v) is 15.4. The van der Waals surface area contributed by atoms with Gasteiger partial charge in [-0.1, -0.05) is 20.8 Å². The summed E-state index contributed by atoms with van der Waals surface area (Å²) < 4.78 is 0. The van der Waals surface area contributed by atoms with Crippen LogP contribution >= 0.6 is 0 Å². The van der Waals surface area contributed by atoms with Crippen molar-refractivity contribution in [2.45, 2.75) is 45.8 Å². The first kappa shape index (κ1) is 17.7. The minimum atomic E-state index is -0.504. The van der Waals surface area contributed by atoms with Crippen molar-refractivity contribution in [3.63, 3.8) is 0 Å². The van der Waals surface area contributed by atoms with Gasteiger partial charge in [-0.05, 0) is 30.0 Å². The molecule has 0 radical (unpaired) electrons. The van der Waals surface area contributed by atoms with Crippen LogP contribution in [0.25, 0.3) is 0 Å². The van der Waals surface area contributed by atoms with E-state index < -0.39 is 6.10 Å². The number of benzene rings is 1. The van der Waals surface area contributed by atoms with E-state index in [-0.39, 0.29) is 23.3 Å². The molecule has 1 saturated heterocycles. The van der Waals surface area contributed by atoms with E-state index in [4.69, 9.17) is 0 Å². The number of aliphatic hydroxyl groups is 1. The lowest BCUT2D eigenvalue weighted by atomic mass is 9.83. The van der Waals surface area contributed by atoms with E-state index in [1.165, 1.54) is 0 Å². The summed E-state index contributed by atoms with van der Waals surface area (Å²) in [5.74, 6) is -0.139. The number of amides is 2. The Morgan fingerprint density at radius 1 is 1.28 bits per heavy atom. The number of fused-ring (bicyclic) bond motifs is 1. The molecular weight excluding hydrogens is 318 g/mol. The molecule has 0 aromatic heterocycles. The van der Waals surface area contributed by atoms with Gasteiger partial charge in [-0.15, -0.1) is 0 Å². The Hall–Kier alpha value is -2.08. The Kier molecular flexibility index (Phi) is 4.49. The summed E-state index contributed by atoms with van der Waals surface area (Å²) in [6.45, 7) is 7.32. The van der Waals surface area contributed by atoms with Gasteiger partial charge in [-0.3, -0.25) is 9.59 Å². The van der Waals surface area contributed by atoms with E-state index in [2.05, 4.69) is 5.32 Å². The molecule has 0 spiro atoms. The Balaban J connectivity index is 1.92. The molecule has 25 heavy (non-hydrogen) atoms. The second-order valence-corrected chi connectivity index (χ2v) is 8.12. The molecule has 136 valence electrons. The van der Waals surface area contributed by atoms with Crippen molar-refractivity contribution in [2.75, 3.05) is 30.4 Å². The number of nitrogens with one attached hydrogen (secondary N) is 1. The van der Waals surface area contributed by atoms with Crippen LogP contribution in [0.15, 0.2) is 18.2 Å². The number of carbonyl (C=O) groups excluding carboxylic acids is 2. The minimum absolute atomic E-state index is 0.0423. The molecule has 0 saturated carbocycles. The summed E-state index contributed by atoms with van der Waals surface area (Å²) in [7, 11) is 1.94. The monoisotopic (exact) mass is 345 g/mol.